The van der Waals surface area contributed by atoms with Gasteiger partial charge in [-0.2, -0.15) is 0 Å². The van der Waals surface area contributed by atoms with Gasteiger partial charge in [0.25, 0.3) is 11.8 Å². The third-order valence-corrected chi connectivity index (χ3v) is 5.27. The summed E-state index contributed by atoms with van der Waals surface area (Å²) >= 11 is 0. The molecule has 2 amide bonds. The van der Waals surface area contributed by atoms with Crippen molar-refractivity contribution in [3.8, 4) is 11.5 Å². The maximum absolute atomic E-state index is 13.8. The number of amides is 2. The summed E-state index contributed by atoms with van der Waals surface area (Å²) in [5, 5.41) is 0. The Labute approximate surface area is 194 Å². The predicted molar refractivity (Wildman–Crippen MR) is 125 cm³/mol. The normalized spacial score (nSPS) is 13.6. The van der Waals surface area contributed by atoms with Crippen molar-refractivity contribution >= 4 is 23.1 Å². The molecule has 0 fully saturated rings. The second kappa shape index (κ2) is 11.5. The van der Waals surface area contributed by atoms with Crippen LogP contribution in [0.4, 0.5) is 5.69 Å². The van der Waals surface area contributed by atoms with Crippen LogP contribution in [0.15, 0.2) is 54.2 Å². The van der Waals surface area contributed by atoms with Crippen LogP contribution in [0.2, 0.25) is 0 Å². The number of hydrogen-bond donors (Lipinski definition) is 0. The van der Waals surface area contributed by atoms with E-state index in [1.54, 1.807) is 50.6 Å². The standard InChI is InChI=1S/C25H30N2O6/c1-5-33-19-10-8-9-18(17-19)27-24(28)22(20-11-6-7-12-21(20)32-4)23(25(27)29)26(13-15-30-2)14-16-31-3/h6-12,17H,5,13-16H2,1-4H3. The van der Waals surface area contributed by atoms with E-state index in [9.17, 15) is 9.59 Å². The highest BCUT2D eigenvalue weighted by Gasteiger charge is 2.43. The summed E-state index contributed by atoms with van der Waals surface area (Å²) in [4.78, 5) is 30.6. The van der Waals surface area contributed by atoms with Crippen LogP contribution < -0.4 is 14.4 Å². The van der Waals surface area contributed by atoms with Gasteiger partial charge in [0.1, 0.15) is 17.2 Å². The second-order valence-corrected chi connectivity index (χ2v) is 7.27. The van der Waals surface area contributed by atoms with E-state index in [1.807, 2.05) is 24.0 Å². The largest absolute Gasteiger partial charge is 0.496 e. The van der Waals surface area contributed by atoms with Crippen LogP contribution in [-0.4, -0.2) is 71.0 Å². The number of para-hydroxylation sites is 1. The van der Waals surface area contributed by atoms with Crippen LogP contribution in [0.25, 0.3) is 5.57 Å². The van der Waals surface area contributed by atoms with Gasteiger partial charge in [-0.25, -0.2) is 4.90 Å². The molecule has 2 aromatic carbocycles. The highest BCUT2D eigenvalue weighted by molar-refractivity contribution is 6.45. The third-order valence-electron chi connectivity index (χ3n) is 5.27. The molecule has 8 nitrogen and oxygen atoms in total. The molecule has 0 atom stereocenters. The van der Waals surface area contributed by atoms with Crippen LogP contribution in [0.5, 0.6) is 11.5 Å². The third kappa shape index (κ3) is 5.18. The van der Waals surface area contributed by atoms with Crippen molar-refractivity contribution < 1.29 is 28.5 Å². The summed E-state index contributed by atoms with van der Waals surface area (Å²) in [5.74, 6) is 0.253. The molecule has 3 rings (SSSR count). The Morgan fingerprint density at radius 3 is 2.21 bits per heavy atom. The van der Waals surface area contributed by atoms with E-state index < -0.39 is 11.8 Å². The smallest absolute Gasteiger partial charge is 0.282 e. The second-order valence-electron chi connectivity index (χ2n) is 7.27. The number of ether oxygens (including phenoxy) is 4. The molecule has 2 aromatic rings. The zero-order chi connectivity index (χ0) is 23.8. The van der Waals surface area contributed by atoms with E-state index in [4.69, 9.17) is 18.9 Å². The van der Waals surface area contributed by atoms with Gasteiger partial charge >= 0.3 is 0 Å². The fraction of sp³-hybridized carbons (Fsp3) is 0.360. The summed E-state index contributed by atoms with van der Waals surface area (Å²) in [6.45, 7) is 3.95. The topological polar surface area (TPSA) is 77.5 Å². The van der Waals surface area contributed by atoms with Crippen LogP contribution >= 0.6 is 0 Å². The number of hydrogen-bond acceptors (Lipinski definition) is 7. The number of methoxy groups -OCH3 is 3. The van der Waals surface area contributed by atoms with Gasteiger partial charge in [-0.1, -0.05) is 24.3 Å². The van der Waals surface area contributed by atoms with Crippen LogP contribution in [0.3, 0.4) is 0 Å². The van der Waals surface area contributed by atoms with Crippen molar-refractivity contribution in [3.05, 3.63) is 59.8 Å². The molecule has 0 aliphatic carbocycles. The lowest BCUT2D eigenvalue weighted by Gasteiger charge is -2.26. The fourth-order valence-electron chi connectivity index (χ4n) is 3.76. The van der Waals surface area contributed by atoms with Gasteiger partial charge in [0.05, 0.1) is 38.2 Å². The SMILES string of the molecule is CCOc1cccc(N2C(=O)C(c3ccccc3OC)=C(N(CCOC)CCOC)C2=O)c1. The minimum Gasteiger partial charge on any atom is -0.496 e. The summed E-state index contributed by atoms with van der Waals surface area (Å²) in [6.07, 6.45) is 0. The fourth-order valence-corrected chi connectivity index (χ4v) is 3.76. The minimum absolute atomic E-state index is 0.284. The van der Waals surface area contributed by atoms with E-state index in [0.29, 0.717) is 61.4 Å². The molecule has 0 radical (unpaired) electrons. The highest BCUT2D eigenvalue weighted by atomic mass is 16.5. The molecule has 1 heterocycles. The number of imide groups is 1. The average molecular weight is 455 g/mol. The summed E-state index contributed by atoms with van der Waals surface area (Å²) in [6, 6.07) is 14.1. The zero-order valence-corrected chi connectivity index (χ0v) is 19.5. The first-order valence-electron chi connectivity index (χ1n) is 10.8. The number of benzene rings is 2. The molecule has 0 saturated carbocycles. The molecule has 0 aromatic heterocycles. The van der Waals surface area contributed by atoms with Crippen molar-refractivity contribution in [1.82, 2.24) is 4.90 Å². The Balaban J connectivity index is 2.15. The first-order valence-corrected chi connectivity index (χ1v) is 10.8. The summed E-state index contributed by atoms with van der Waals surface area (Å²) < 4.78 is 21.6. The first kappa shape index (κ1) is 24.3. The Kier molecular flexibility index (Phi) is 8.46. The monoisotopic (exact) mass is 454 g/mol. The van der Waals surface area contributed by atoms with Crippen molar-refractivity contribution in [1.29, 1.82) is 0 Å². The van der Waals surface area contributed by atoms with Gasteiger partial charge in [0.15, 0.2) is 0 Å². The Hall–Kier alpha value is -3.36. The Morgan fingerprint density at radius 2 is 1.58 bits per heavy atom. The number of anilines is 1. The van der Waals surface area contributed by atoms with Gasteiger partial charge in [-0.15, -0.1) is 0 Å². The maximum Gasteiger partial charge on any atom is 0.282 e. The number of rotatable bonds is 12. The Morgan fingerprint density at radius 1 is 0.879 bits per heavy atom. The molecule has 0 spiro atoms. The van der Waals surface area contributed by atoms with E-state index in [0.717, 1.165) is 0 Å². The highest BCUT2D eigenvalue weighted by Crippen LogP contribution is 2.38. The molecule has 8 heteroatoms. The van der Waals surface area contributed by atoms with Crippen molar-refractivity contribution in [2.24, 2.45) is 0 Å². The molecular weight excluding hydrogens is 424 g/mol. The van der Waals surface area contributed by atoms with Crippen LogP contribution in [0.1, 0.15) is 12.5 Å². The molecular formula is C25H30N2O6. The van der Waals surface area contributed by atoms with E-state index in [-0.39, 0.29) is 5.57 Å². The van der Waals surface area contributed by atoms with E-state index in [1.165, 1.54) is 12.0 Å². The van der Waals surface area contributed by atoms with Crippen molar-refractivity contribution in [3.63, 3.8) is 0 Å². The van der Waals surface area contributed by atoms with Gasteiger partial charge in [0.2, 0.25) is 0 Å². The number of carbonyl (C=O) groups is 2. The molecule has 0 N–H and O–H groups in total. The van der Waals surface area contributed by atoms with Gasteiger partial charge in [-0.3, -0.25) is 9.59 Å². The quantitative estimate of drug-likeness (QED) is 0.456. The van der Waals surface area contributed by atoms with E-state index >= 15 is 0 Å². The molecule has 0 bridgehead atoms. The van der Waals surface area contributed by atoms with Gasteiger partial charge in [-0.05, 0) is 25.1 Å². The van der Waals surface area contributed by atoms with E-state index in [2.05, 4.69) is 0 Å². The predicted octanol–water partition coefficient (Wildman–Crippen LogP) is 2.97. The lowest BCUT2D eigenvalue weighted by molar-refractivity contribution is -0.120. The van der Waals surface area contributed by atoms with Crippen molar-refractivity contribution in [2.75, 3.05) is 59.1 Å². The lowest BCUT2D eigenvalue weighted by atomic mass is 10.0. The minimum atomic E-state index is -0.423. The molecule has 1 aliphatic rings. The van der Waals surface area contributed by atoms with Gasteiger partial charge < -0.3 is 23.8 Å². The maximum atomic E-state index is 13.8. The molecule has 1 aliphatic heterocycles. The van der Waals surface area contributed by atoms with Crippen LogP contribution in [-0.2, 0) is 19.1 Å². The van der Waals surface area contributed by atoms with Crippen LogP contribution in [0, 0.1) is 0 Å². The zero-order valence-electron chi connectivity index (χ0n) is 19.5. The van der Waals surface area contributed by atoms with Crippen molar-refractivity contribution in [2.45, 2.75) is 6.92 Å². The molecule has 176 valence electrons. The molecule has 33 heavy (non-hydrogen) atoms. The number of nitrogens with zero attached hydrogens (tertiary/aromatic N) is 2. The average Bonchev–Trinajstić information content (AvgIpc) is 3.09. The summed E-state index contributed by atoms with van der Waals surface area (Å²) in [5.41, 5.74) is 1.57. The first-order chi connectivity index (χ1) is 16.1. The molecule has 0 unspecified atom stereocenters. The lowest BCUT2D eigenvalue weighted by Crippen LogP contribution is -2.37. The van der Waals surface area contributed by atoms with Gasteiger partial charge in [0, 0.05) is 38.9 Å². The number of carbonyl (C=O) groups excluding carboxylic acids is 2. The molecule has 0 saturated heterocycles. The Bertz CT molecular complexity index is 1010. The summed E-state index contributed by atoms with van der Waals surface area (Å²) in [7, 11) is 4.73.